The minimum Gasteiger partial charge on any atom is -0.275 e. The number of hydrogen-bond acceptors (Lipinski definition) is 4. The van der Waals surface area contributed by atoms with Crippen LogP contribution in [0.1, 0.15) is 16.8 Å². The highest BCUT2D eigenvalue weighted by atomic mass is 15.2. The van der Waals surface area contributed by atoms with Crippen molar-refractivity contribution in [1.82, 2.24) is 25.0 Å². The summed E-state index contributed by atoms with van der Waals surface area (Å²) in [5, 5.41) is 12.6. The number of nitrogens with zero attached hydrogens (tertiary/aromatic N) is 5. The summed E-state index contributed by atoms with van der Waals surface area (Å²) < 4.78 is 1.80. The molecule has 5 heteroatoms. The second kappa shape index (κ2) is 5.66. The summed E-state index contributed by atoms with van der Waals surface area (Å²) in [6, 6.07) is 5.85. The van der Waals surface area contributed by atoms with E-state index in [2.05, 4.69) is 20.3 Å². The lowest BCUT2D eigenvalue weighted by Crippen LogP contribution is -1.88. The van der Waals surface area contributed by atoms with Gasteiger partial charge in [-0.3, -0.25) is 9.67 Å². The fourth-order valence-electron chi connectivity index (χ4n) is 2.10. The van der Waals surface area contributed by atoms with E-state index in [0.29, 0.717) is 0 Å². The summed E-state index contributed by atoms with van der Waals surface area (Å²) in [4.78, 5) is 4.04. The number of hydrogen-bond donors (Lipinski definition) is 0. The molecule has 21 heavy (non-hydrogen) atoms. The molecule has 0 aliphatic rings. The summed E-state index contributed by atoms with van der Waals surface area (Å²) in [7, 11) is 1.91. The van der Waals surface area contributed by atoms with E-state index in [9.17, 15) is 0 Å². The van der Waals surface area contributed by atoms with Gasteiger partial charge in [-0.1, -0.05) is 0 Å². The SMILES string of the molecule is Cc1ccnnc1/C=C/c1cn(C)nc1-c1ccncc1. The molecule has 3 rings (SSSR count). The molecular weight excluding hydrogens is 262 g/mol. The highest BCUT2D eigenvalue weighted by Crippen LogP contribution is 2.23. The highest BCUT2D eigenvalue weighted by molar-refractivity contribution is 5.78. The van der Waals surface area contributed by atoms with Crippen LogP contribution >= 0.6 is 0 Å². The van der Waals surface area contributed by atoms with E-state index in [-0.39, 0.29) is 0 Å². The molecule has 5 nitrogen and oxygen atoms in total. The maximum absolute atomic E-state index is 4.52. The minimum absolute atomic E-state index is 0.863. The third kappa shape index (κ3) is 2.86. The average Bonchev–Trinajstić information content (AvgIpc) is 2.88. The molecule has 0 aromatic carbocycles. The number of rotatable bonds is 3. The van der Waals surface area contributed by atoms with E-state index >= 15 is 0 Å². The Morgan fingerprint density at radius 3 is 2.62 bits per heavy atom. The van der Waals surface area contributed by atoms with Crippen molar-refractivity contribution in [3.05, 3.63) is 59.8 Å². The van der Waals surface area contributed by atoms with Crippen molar-refractivity contribution >= 4 is 12.2 Å². The molecule has 0 aliphatic heterocycles. The van der Waals surface area contributed by atoms with Crippen LogP contribution in [-0.2, 0) is 7.05 Å². The quantitative estimate of drug-likeness (QED) is 0.738. The van der Waals surface area contributed by atoms with Gasteiger partial charge in [-0.05, 0) is 42.8 Å². The molecule has 0 spiro atoms. The first-order chi connectivity index (χ1) is 10.2. The zero-order chi connectivity index (χ0) is 14.7. The van der Waals surface area contributed by atoms with Crippen molar-refractivity contribution in [2.45, 2.75) is 6.92 Å². The third-order valence-electron chi connectivity index (χ3n) is 3.19. The van der Waals surface area contributed by atoms with Gasteiger partial charge in [-0.15, -0.1) is 0 Å². The molecule has 3 aromatic heterocycles. The Bertz CT molecular complexity index is 774. The Labute approximate surface area is 123 Å². The van der Waals surface area contributed by atoms with Crippen LogP contribution < -0.4 is 0 Å². The van der Waals surface area contributed by atoms with E-state index in [1.54, 1.807) is 23.3 Å². The molecule has 0 radical (unpaired) electrons. The number of pyridine rings is 1. The number of aryl methyl sites for hydroxylation is 2. The summed E-state index contributed by atoms with van der Waals surface area (Å²) in [6.07, 6.45) is 11.2. The third-order valence-corrected chi connectivity index (χ3v) is 3.19. The zero-order valence-electron chi connectivity index (χ0n) is 11.9. The molecule has 0 amide bonds. The summed E-state index contributed by atoms with van der Waals surface area (Å²) in [5.74, 6) is 0. The molecule has 0 unspecified atom stereocenters. The lowest BCUT2D eigenvalue weighted by Gasteiger charge is -1.98. The van der Waals surface area contributed by atoms with Crippen molar-refractivity contribution < 1.29 is 0 Å². The topological polar surface area (TPSA) is 56.5 Å². The van der Waals surface area contributed by atoms with Crippen LogP contribution in [0.25, 0.3) is 23.4 Å². The summed E-state index contributed by atoms with van der Waals surface area (Å²) in [6.45, 7) is 2.02. The molecule has 0 saturated carbocycles. The lowest BCUT2D eigenvalue weighted by molar-refractivity contribution is 0.770. The van der Waals surface area contributed by atoms with Gasteiger partial charge >= 0.3 is 0 Å². The molecule has 0 saturated heterocycles. The fraction of sp³-hybridized carbons (Fsp3) is 0.125. The Kier molecular flexibility index (Phi) is 3.55. The monoisotopic (exact) mass is 277 g/mol. The van der Waals surface area contributed by atoms with Crippen molar-refractivity contribution in [3.63, 3.8) is 0 Å². The minimum atomic E-state index is 0.863. The molecule has 0 bridgehead atoms. The molecule has 0 N–H and O–H groups in total. The smallest absolute Gasteiger partial charge is 0.0996 e. The van der Waals surface area contributed by atoms with Crippen molar-refractivity contribution in [2.24, 2.45) is 7.05 Å². The van der Waals surface area contributed by atoms with Gasteiger partial charge in [0.15, 0.2) is 0 Å². The van der Waals surface area contributed by atoms with Gasteiger partial charge in [0.1, 0.15) is 0 Å². The first kappa shape index (κ1) is 13.2. The van der Waals surface area contributed by atoms with Gasteiger partial charge in [0.05, 0.1) is 11.4 Å². The molecular formula is C16H15N5. The Morgan fingerprint density at radius 1 is 1.05 bits per heavy atom. The first-order valence-electron chi connectivity index (χ1n) is 6.64. The molecule has 0 atom stereocenters. The lowest BCUT2D eigenvalue weighted by atomic mass is 10.1. The molecule has 0 fully saturated rings. The largest absolute Gasteiger partial charge is 0.275 e. The van der Waals surface area contributed by atoms with E-state index in [1.165, 1.54) is 0 Å². The normalized spacial score (nSPS) is 11.1. The second-order valence-corrected chi connectivity index (χ2v) is 4.78. The standard InChI is InChI=1S/C16H15N5/c1-12-5-10-18-19-15(12)4-3-14-11-21(2)20-16(14)13-6-8-17-9-7-13/h3-11H,1-2H3/b4-3+. The molecule has 3 aromatic rings. The predicted molar refractivity (Wildman–Crippen MR) is 82.1 cm³/mol. The van der Waals surface area contributed by atoms with Gasteiger partial charge in [0.25, 0.3) is 0 Å². The van der Waals surface area contributed by atoms with Crippen molar-refractivity contribution in [3.8, 4) is 11.3 Å². The van der Waals surface area contributed by atoms with E-state index in [0.717, 1.165) is 28.1 Å². The summed E-state index contributed by atoms with van der Waals surface area (Å²) in [5.41, 5.74) is 4.96. The molecule has 3 heterocycles. The van der Waals surface area contributed by atoms with Crippen molar-refractivity contribution in [1.29, 1.82) is 0 Å². The maximum Gasteiger partial charge on any atom is 0.0996 e. The number of aromatic nitrogens is 5. The Balaban J connectivity index is 1.99. The van der Waals surface area contributed by atoms with Crippen LogP contribution in [0.2, 0.25) is 0 Å². The van der Waals surface area contributed by atoms with Crippen LogP contribution in [-0.4, -0.2) is 25.0 Å². The first-order valence-corrected chi connectivity index (χ1v) is 6.64. The average molecular weight is 277 g/mol. The van der Waals surface area contributed by atoms with E-state index in [4.69, 9.17) is 0 Å². The fourth-order valence-corrected chi connectivity index (χ4v) is 2.10. The van der Waals surface area contributed by atoms with Gasteiger partial charge in [0.2, 0.25) is 0 Å². The molecule has 0 aliphatic carbocycles. The van der Waals surface area contributed by atoms with Crippen LogP contribution in [0.15, 0.2) is 43.0 Å². The van der Waals surface area contributed by atoms with Gasteiger partial charge in [0, 0.05) is 43.0 Å². The van der Waals surface area contributed by atoms with Crippen LogP contribution in [0.4, 0.5) is 0 Å². The molecule has 104 valence electrons. The van der Waals surface area contributed by atoms with Crippen molar-refractivity contribution in [2.75, 3.05) is 0 Å². The second-order valence-electron chi connectivity index (χ2n) is 4.78. The van der Waals surface area contributed by atoms with Gasteiger partial charge in [-0.2, -0.15) is 15.3 Å². The predicted octanol–water partition coefficient (Wildman–Crippen LogP) is 2.75. The van der Waals surface area contributed by atoms with Crippen LogP contribution in [0, 0.1) is 6.92 Å². The summed E-state index contributed by atoms with van der Waals surface area (Å²) >= 11 is 0. The van der Waals surface area contributed by atoms with E-state index in [1.807, 2.05) is 50.5 Å². The van der Waals surface area contributed by atoms with E-state index < -0.39 is 0 Å². The zero-order valence-corrected chi connectivity index (χ0v) is 11.9. The van der Waals surface area contributed by atoms with Crippen LogP contribution in [0.5, 0.6) is 0 Å². The Hall–Kier alpha value is -2.82. The highest BCUT2D eigenvalue weighted by Gasteiger charge is 2.07. The Morgan fingerprint density at radius 2 is 1.86 bits per heavy atom. The maximum atomic E-state index is 4.52. The van der Waals surface area contributed by atoms with Gasteiger partial charge in [-0.25, -0.2) is 0 Å². The van der Waals surface area contributed by atoms with Gasteiger partial charge < -0.3 is 0 Å². The van der Waals surface area contributed by atoms with Crippen LogP contribution in [0.3, 0.4) is 0 Å².